The Morgan fingerprint density at radius 2 is 1.92 bits per heavy atom. The average Bonchev–Trinajstić information content (AvgIpc) is 3.33. The van der Waals surface area contributed by atoms with Crippen molar-refractivity contribution in [2.45, 2.75) is 65.5 Å². The van der Waals surface area contributed by atoms with Gasteiger partial charge in [-0.2, -0.15) is 0 Å². The molecule has 0 amide bonds. The number of aliphatic hydroxyl groups is 1. The molecule has 1 fully saturated rings. The molecule has 0 aromatic carbocycles. The molecule has 6 heteroatoms. The molecule has 0 saturated heterocycles. The van der Waals surface area contributed by atoms with Crippen molar-refractivity contribution in [3.05, 3.63) is 0 Å². The number of aliphatic hydroxyl groups excluding tert-OH is 1. The zero-order valence-corrected chi connectivity index (χ0v) is 18.5. The summed E-state index contributed by atoms with van der Waals surface area (Å²) in [5.74, 6) is 2.00. The summed E-state index contributed by atoms with van der Waals surface area (Å²) in [6.07, 6.45) is 4.63. The molecule has 0 aromatic rings. The van der Waals surface area contributed by atoms with Crippen LogP contribution in [0.5, 0.6) is 0 Å². The minimum atomic E-state index is 0. The molecule has 5 nitrogen and oxygen atoms in total. The minimum absolute atomic E-state index is 0. The van der Waals surface area contributed by atoms with Crippen LogP contribution in [-0.4, -0.2) is 61.3 Å². The Kier molecular flexibility index (Phi) is 13.1. The van der Waals surface area contributed by atoms with Crippen LogP contribution in [0.3, 0.4) is 0 Å². The van der Waals surface area contributed by atoms with Crippen LogP contribution in [0, 0.1) is 11.8 Å². The van der Waals surface area contributed by atoms with Gasteiger partial charge in [-0.3, -0.25) is 9.89 Å². The van der Waals surface area contributed by atoms with Gasteiger partial charge in [0.1, 0.15) is 0 Å². The van der Waals surface area contributed by atoms with E-state index in [1.54, 1.807) is 0 Å². The quantitative estimate of drug-likeness (QED) is 0.255. The van der Waals surface area contributed by atoms with E-state index >= 15 is 0 Å². The molecule has 2 atom stereocenters. The standard InChI is InChI=1S/C18H38N4O.HI/c1-6-19-18(20-12-15(4)22(5)17-7-8-17)21-13-16(9-10-23)11-14(2)3;/h14-17,23H,6-13H2,1-5H3,(H2,19,20,21);1H. The summed E-state index contributed by atoms with van der Waals surface area (Å²) >= 11 is 0. The van der Waals surface area contributed by atoms with Gasteiger partial charge in [0.05, 0.1) is 0 Å². The topological polar surface area (TPSA) is 59.9 Å². The zero-order chi connectivity index (χ0) is 17.2. The van der Waals surface area contributed by atoms with Crippen molar-refractivity contribution in [1.82, 2.24) is 15.5 Å². The smallest absolute Gasteiger partial charge is 0.191 e. The van der Waals surface area contributed by atoms with E-state index in [9.17, 15) is 5.11 Å². The van der Waals surface area contributed by atoms with Gasteiger partial charge < -0.3 is 15.7 Å². The third-order valence-corrected chi connectivity index (χ3v) is 4.58. The molecule has 0 bridgehead atoms. The highest BCUT2D eigenvalue weighted by atomic mass is 127. The van der Waals surface area contributed by atoms with Crippen molar-refractivity contribution >= 4 is 29.9 Å². The van der Waals surface area contributed by atoms with Crippen LogP contribution >= 0.6 is 24.0 Å². The lowest BCUT2D eigenvalue weighted by Gasteiger charge is -2.25. The highest BCUT2D eigenvalue weighted by Gasteiger charge is 2.28. The molecule has 1 aliphatic carbocycles. The number of hydrogen-bond acceptors (Lipinski definition) is 3. The molecule has 0 aromatic heterocycles. The van der Waals surface area contributed by atoms with E-state index in [2.05, 4.69) is 50.3 Å². The fourth-order valence-electron chi connectivity index (χ4n) is 2.93. The normalized spacial score (nSPS) is 17.6. The minimum Gasteiger partial charge on any atom is -0.396 e. The average molecular weight is 454 g/mol. The van der Waals surface area contributed by atoms with Crippen molar-refractivity contribution in [3.63, 3.8) is 0 Å². The van der Waals surface area contributed by atoms with Gasteiger partial charge in [0, 0.05) is 38.3 Å². The molecule has 0 heterocycles. The second-order valence-corrected chi connectivity index (χ2v) is 7.35. The van der Waals surface area contributed by atoms with Gasteiger partial charge in [-0.05, 0) is 58.4 Å². The molecule has 144 valence electrons. The Morgan fingerprint density at radius 1 is 1.25 bits per heavy atom. The number of halogens is 1. The Balaban J connectivity index is 0.00000529. The Morgan fingerprint density at radius 3 is 2.42 bits per heavy atom. The molecule has 0 radical (unpaired) electrons. The van der Waals surface area contributed by atoms with E-state index in [-0.39, 0.29) is 30.6 Å². The van der Waals surface area contributed by atoms with E-state index in [1.165, 1.54) is 12.8 Å². The maximum Gasteiger partial charge on any atom is 0.191 e. The second-order valence-electron chi connectivity index (χ2n) is 7.35. The van der Waals surface area contributed by atoms with Crippen molar-refractivity contribution in [2.24, 2.45) is 16.8 Å². The lowest BCUT2D eigenvalue weighted by molar-refractivity contribution is 0.244. The number of hydrogen-bond donors (Lipinski definition) is 3. The lowest BCUT2D eigenvalue weighted by Crippen LogP contribution is -2.45. The van der Waals surface area contributed by atoms with Gasteiger partial charge in [0.25, 0.3) is 0 Å². The van der Waals surface area contributed by atoms with E-state index in [1.807, 2.05) is 0 Å². The van der Waals surface area contributed by atoms with Gasteiger partial charge in [0.2, 0.25) is 0 Å². The van der Waals surface area contributed by atoms with Crippen LogP contribution in [-0.2, 0) is 0 Å². The summed E-state index contributed by atoms with van der Waals surface area (Å²) in [6, 6.07) is 1.29. The molecule has 0 spiro atoms. The second kappa shape index (κ2) is 13.2. The van der Waals surface area contributed by atoms with Crippen LogP contribution in [0.2, 0.25) is 0 Å². The van der Waals surface area contributed by atoms with Crippen LogP contribution in [0.15, 0.2) is 4.99 Å². The highest BCUT2D eigenvalue weighted by molar-refractivity contribution is 14.0. The molecular formula is C18H39IN4O. The first-order chi connectivity index (χ1) is 11.0. The summed E-state index contributed by atoms with van der Waals surface area (Å²) in [4.78, 5) is 7.20. The third kappa shape index (κ3) is 10.0. The Labute approximate surface area is 166 Å². The maximum atomic E-state index is 9.23. The van der Waals surface area contributed by atoms with Crippen molar-refractivity contribution in [3.8, 4) is 0 Å². The van der Waals surface area contributed by atoms with Crippen molar-refractivity contribution in [2.75, 3.05) is 33.3 Å². The number of guanidine groups is 1. The van der Waals surface area contributed by atoms with Crippen LogP contribution in [0.25, 0.3) is 0 Å². The molecular weight excluding hydrogens is 415 g/mol. The first-order valence-electron chi connectivity index (χ1n) is 9.32. The van der Waals surface area contributed by atoms with E-state index < -0.39 is 0 Å². The van der Waals surface area contributed by atoms with Crippen molar-refractivity contribution < 1.29 is 5.11 Å². The molecule has 1 saturated carbocycles. The fraction of sp³-hybridized carbons (Fsp3) is 0.944. The van der Waals surface area contributed by atoms with Gasteiger partial charge in [-0.25, -0.2) is 0 Å². The lowest BCUT2D eigenvalue weighted by atomic mass is 9.94. The zero-order valence-electron chi connectivity index (χ0n) is 16.2. The molecule has 1 aliphatic rings. The highest BCUT2D eigenvalue weighted by Crippen LogP contribution is 2.26. The van der Waals surface area contributed by atoms with E-state index in [0.717, 1.165) is 44.5 Å². The first kappa shape index (κ1) is 23.9. The third-order valence-electron chi connectivity index (χ3n) is 4.58. The van der Waals surface area contributed by atoms with Gasteiger partial charge in [-0.15, -0.1) is 24.0 Å². The SMILES string of the molecule is CCNC(=NCC(CCO)CC(C)C)NCC(C)N(C)C1CC1.I. The number of nitrogens with one attached hydrogen (secondary N) is 2. The summed E-state index contributed by atoms with van der Waals surface area (Å²) in [5, 5.41) is 16.0. The fourth-order valence-corrected chi connectivity index (χ4v) is 2.93. The Bertz CT molecular complexity index is 348. The van der Waals surface area contributed by atoms with Gasteiger partial charge in [-0.1, -0.05) is 13.8 Å². The van der Waals surface area contributed by atoms with E-state index in [4.69, 9.17) is 4.99 Å². The number of aliphatic imine (C=N–C) groups is 1. The number of rotatable bonds is 11. The Hall–Kier alpha value is -0.0800. The summed E-state index contributed by atoms with van der Waals surface area (Å²) < 4.78 is 0. The summed E-state index contributed by atoms with van der Waals surface area (Å²) in [5.41, 5.74) is 0. The molecule has 3 N–H and O–H groups in total. The van der Waals surface area contributed by atoms with Crippen LogP contribution in [0.4, 0.5) is 0 Å². The molecule has 0 aliphatic heterocycles. The van der Waals surface area contributed by atoms with Crippen molar-refractivity contribution in [1.29, 1.82) is 0 Å². The summed E-state index contributed by atoms with van der Waals surface area (Å²) in [6.45, 7) is 11.6. The predicted molar refractivity (Wildman–Crippen MR) is 114 cm³/mol. The van der Waals surface area contributed by atoms with E-state index in [0.29, 0.717) is 17.9 Å². The monoisotopic (exact) mass is 454 g/mol. The number of nitrogens with zero attached hydrogens (tertiary/aromatic N) is 2. The van der Waals surface area contributed by atoms with Gasteiger partial charge in [0.15, 0.2) is 5.96 Å². The van der Waals surface area contributed by atoms with Crippen LogP contribution < -0.4 is 10.6 Å². The number of likely N-dealkylation sites (N-methyl/N-ethyl adjacent to an activating group) is 1. The maximum absolute atomic E-state index is 9.23. The molecule has 24 heavy (non-hydrogen) atoms. The largest absolute Gasteiger partial charge is 0.396 e. The van der Waals surface area contributed by atoms with Crippen LogP contribution in [0.1, 0.15) is 53.4 Å². The summed E-state index contributed by atoms with van der Waals surface area (Å²) in [7, 11) is 2.22. The first-order valence-corrected chi connectivity index (χ1v) is 9.32. The molecule has 2 unspecified atom stereocenters. The predicted octanol–water partition coefficient (Wildman–Crippen LogP) is 2.69. The van der Waals surface area contributed by atoms with Gasteiger partial charge >= 0.3 is 0 Å². The molecule has 1 rings (SSSR count).